The average Bonchev–Trinajstić information content (AvgIpc) is 3.41. The molecule has 0 aliphatic carbocycles. The maximum absolute atomic E-state index is 13.2. The lowest BCUT2D eigenvalue weighted by Crippen LogP contribution is -2.24. The molecule has 4 heterocycles. The summed E-state index contributed by atoms with van der Waals surface area (Å²) in [5.41, 5.74) is 9.25. The summed E-state index contributed by atoms with van der Waals surface area (Å²) in [6.45, 7) is 0.286. The summed E-state index contributed by atoms with van der Waals surface area (Å²) in [4.78, 5) is 18.0. The third-order valence-electron chi connectivity index (χ3n) is 5.31. The van der Waals surface area contributed by atoms with E-state index < -0.39 is 6.23 Å². The highest BCUT2D eigenvalue weighted by Crippen LogP contribution is 2.31. The highest BCUT2D eigenvalue weighted by molar-refractivity contribution is 7.19. The van der Waals surface area contributed by atoms with Gasteiger partial charge in [-0.05, 0) is 22.8 Å². The van der Waals surface area contributed by atoms with Gasteiger partial charge in [0.05, 0.1) is 23.6 Å². The number of aryl methyl sites for hydroxylation is 2. The summed E-state index contributed by atoms with van der Waals surface area (Å²) in [6.07, 6.45) is 5.18. The largest absolute Gasteiger partial charge is 0.375 e. The fourth-order valence-corrected chi connectivity index (χ4v) is 4.95. The minimum Gasteiger partial charge on any atom is -0.375 e. The molecule has 0 saturated carbocycles. The predicted octanol–water partition coefficient (Wildman–Crippen LogP) is 1.67. The predicted molar refractivity (Wildman–Crippen MR) is 119 cm³/mol. The Balaban J connectivity index is 1.53. The van der Waals surface area contributed by atoms with Crippen molar-refractivity contribution >= 4 is 32.6 Å². The summed E-state index contributed by atoms with van der Waals surface area (Å²) in [6, 6.07) is 7.20. The minimum absolute atomic E-state index is 0.183. The van der Waals surface area contributed by atoms with Gasteiger partial charge >= 0.3 is 0 Å². The van der Waals surface area contributed by atoms with Crippen molar-refractivity contribution in [2.45, 2.75) is 19.2 Å². The van der Waals surface area contributed by atoms with Crippen molar-refractivity contribution in [2.24, 2.45) is 19.8 Å². The molecule has 1 atom stereocenters. The number of nitrogens with two attached hydrogens (primary N) is 1. The van der Waals surface area contributed by atoms with Gasteiger partial charge in [0, 0.05) is 32.1 Å². The monoisotopic (exact) mass is 435 g/mol. The minimum atomic E-state index is -1.06. The Morgan fingerprint density at radius 2 is 2.03 bits per heavy atom. The van der Waals surface area contributed by atoms with Crippen LogP contribution in [0.1, 0.15) is 27.9 Å². The second kappa shape index (κ2) is 7.41. The Morgan fingerprint density at radius 3 is 2.77 bits per heavy atom. The molecule has 0 aliphatic heterocycles. The van der Waals surface area contributed by atoms with Crippen molar-refractivity contribution in [2.75, 3.05) is 0 Å². The summed E-state index contributed by atoms with van der Waals surface area (Å²) in [5.74, 6) is 0. The molecule has 5 rings (SSSR count). The van der Waals surface area contributed by atoms with E-state index in [2.05, 4.69) is 10.2 Å². The van der Waals surface area contributed by atoms with Crippen LogP contribution in [0.3, 0.4) is 0 Å². The van der Waals surface area contributed by atoms with Gasteiger partial charge in [-0.2, -0.15) is 10.2 Å². The Bertz CT molecular complexity index is 1470. The van der Waals surface area contributed by atoms with Gasteiger partial charge in [-0.3, -0.25) is 9.48 Å². The van der Waals surface area contributed by atoms with E-state index in [4.69, 9.17) is 10.7 Å². The van der Waals surface area contributed by atoms with Crippen LogP contribution in [0, 0.1) is 0 Å². The molecule has 3 N–H and O–H groups in total. The molecule has 0 fully saturated rings. The standard InChI is InChI=1S/C21H21N7O2S/c1-26-10-13(8-23-26)7-16-25-20-18(31-16)15-9-24-28(21(30)17(15)27(20)2)11-12-4-3-5-14(6-12)19(22)29/h3-6,8-10,19,29H,7,11,22H2,1-2H3. The molecule has 31 heavy (non-hydrogen) atoms. The van der Waals surface area contributed by atoms with Crippen LogP contribution >= 0.6 is 11.3 Å². The molecule has 5 aromatic rings. The van der Waals surface area contributed by atoms with Crippen LogP contribution in [0.2, 0.25) is 0 Å². The number of hydrogen-bond acceptors (Lipinski definition) is 7. The Hall–Kier alpha value is -3.34. The van der Waals surface area contributed by atoms with Crippen molar-refractivity contribution in [3.8, 4) is 0 Å². The molecule has 0 saturated heterocycles. The van der Waals surface area contributed by atoms with E-state index in [1.807, 2.05) is 37.1 Å². The molecular weight excluding hydrogens is 414 g/mol. The van der Waals surface area contributed by atoms with Crippen molar-refractivity contribution in [3.05, 3.63) is 74.9 Å². The number of aromatic nitrogens is 6. The zero-order valence-corrected chi connectivity index (χ0v) is 17.9. The maximum atomic E-state index is 13.2. The van der Waals surface area contributed by atoms with Crippen LogP contribution in [0.25, 0.3) is 21.3 Å². The van der Waals surface area contributed by atoms with Crippen molar-refractivity contribution in [1.82, 2.24) is 29.1 Å². The van der Waals surface area contributed by atoms with Crippen LogP contribution in [0.5, 0.6) is 0 Å². The molecule has 158 valence electrons. The molecule has 0 spiro atoms. The van der Waals surface area contributed by atoms with Crippen LogP contribution in [-0.2, 0) is 27.1 Å². The van der Waals surface area contributed by atoms with Gasteiger partial charge in [0.1, 0.15) is 16.8 Å². The van der Waals surface area contributed by atoms with Gasteiger partial charge in [-0.1, -0.05) is 18.2 Å². The number of hydrogen-bond donors (Lipinski definition) is 2. The van der Waals surface area contributed by atoms with E-state index in [-0.39, 0.29) is 12.1 Å². The second-order valence-electron chi connectivity index (χ2n) is 7.58. The fourth-order valence-electron chi connectivity index (χ4n) is 3.81. The van der Waals surface area contributed by atoms with Crippen molar-refractivity contribution in [1.29, 1.82) is 0 Å². The quantitative estimate of drug-likeness (QED) is 0.406. The number of aliphatic hydroxyl groups is 1. The molecule has 0 amide bonds. The highest BCUT2D eigenvalue weighted by atomic mass is 32.1. The molecular formula is C21H21N7O2S. The lowest BCUT2D eigenvalue weighted by molar-refractivity contribution is 0.186. The first-order valence-electron chi connectivity index (χ1n) is 9.74. The Labute approximate surface area is 181 Å². The molecule has 4 aromatic heterocycles. The van der Waals surface area contributed by atoms with Gasteiger partial charge in [-0.25, -0.2) is 9.67 Å². The van der Waals surface area contributed by atoms with E-state index in [0.29, 0.717) is 17.5 Å². The smallest absolute Gasteiger partial charge is 0.291 e. The van der Waals surface area contributed by atoms with E-state index >= 15 is 0 Å². The second-order valence-corrected chi connectivity index (χ2v) is 8.66. The third kappa shape index (κ3) is 3.44. The highest BCUT2D eigenvalue weighted by Gasteiger charge is 2.18. The number of nitrogens with zero attached hydrogens (tertiary/aromatic N) is 6. The number of aliphatic hydroxyl groups excluding tert-OH is 1. The molecule has 1 unspecified atom stereocenters. The van der Waals surface area contributed by atoms with E-state index in [1.54, 1.807) is 40.4 Å². The number of thiazole rings is 1. The van der Waals surface area contributed by atoms with Gasteiger partial charge in [0.2, 0.25) is 0 Å². The van der Waals surface area contributed by atoms with Gasteiger partial charge in [0.25, 0.3) is 5.56 Å². The topological polar surface area (TPSA) is 117 Å². The van der Waals surface area contributed by atoms with E-state index in [0.717, 1.165) is 31.9 Å². The molecule has 9 nitrogen and oxygen atoms in total. The van der Waals surface area contributed by atoms with Crippen LogP contribution in [0.15, 0.2) is 47.7 Å². The summed E-state index contributed by atoms with van der Waals surface area (Å²) >= 11 is 1.58. The number of fused-ring (bicyclic) bond motifs is 3. The first kappa shape index (κ1) is 19.6. The van der Waals surface area contributed by atoms with E-state index in [1.165, 1.54) is 4.68 Å². The Kier molecular flexibility index (Phi) is 4.69. The number of benzene rings is 1. The molecule has 0 aliphatic rings. The molecule has 0 radical (unpaired) electrons. The first-order chi connectivity index (χ1) is 14.9. The van der Waals surface area contributed by atoms with Crippen LogP contribution < -0.4 is 11.3 Å². The Morgan fingerprint density at radius 1 is 1.19 bits per heavy atom. The van der Waals surface area contributed by atoms with Crippen molar-refractivity contribution in [3.63, 3.8) is 0 Å². The van der Waals surface area contributed by atoms with Crippen LogP contribution in [-0.4, -0.2) is 34.2 Å². The van der Waals surface area contributed by atoms with Gasteiger partial charge < -0.3 is 15.4 Å². The summed E-state index contributed by atoms with van der Waals surface area (Å²) < 4.78 is 5.99. The SMILES string of the molecule is Cn1cc(Cc2nc3c(s2)c2cnn(Cc4cccc(C(N)O)c4)c(=O)c2n3C)cn1. The fraction of sp³-hybridized carbons (Fsp3) is 0.238. The molecule has 0 bridgehead atoms. The zero-order valence-electron chi connectivity index (χ0n) is 17.1. The van der Waals surface area contributed by atoms with Gasteiger partial charge in [0.15, 0.2) is 5.65 Å². The summed E-state index contributed by atoms with van der Waals surface area (Å²) in [7, 11) is 3.75. The van der Waals surface area contributed by atoms with Crippen LogP contribution in [0.4, 0.5) is 0 Å². The summed E-state index contributed by atoms with van der Waals surface area (Å²) in [5, 5.41) is 20.0. The van der Waals surface area contributed by atoms with Crippen molar-refractivity contribution < 1.29 is 5.11 Å². The lowest BCUT2D eigenvalue weighted by atomic mass is 10.1. The first-order valence-corrected chi connectivity index (χ1v) is 10.6. The maximum Gasteiger partial charge on any atom is 0.291 e. The van der Waals surface area contributed by atoms with E-state index in [9.17, 15) is 9.90 Å². The number of rotatable bonds is 5. The average molecular weight is 436 g/mol. The zero-order chi connectivity index (χ0) is 21.7. The molecule has 1 aromatic carbocycles. The molecule has 10 heteroatoms. The third-order valence-corrected chi connectivity index (χ3v) is 6.39. The lowest BCUT2D eigenvalue weighted by Gasteiger charge is -2.09. The van der Waals surface area contributed by atoms with Gasteiger partial charge in [-0.15, -0.1) is 11.3 Å². The normalized spacial score (nSPS) is 12.8.